The molecule has 0 amide bonds. The molecule has 3 rings (SSSR count). The van der Waals surface area contributed by atoms with E-state index in [2.05, 4.69) is 30.4 Å². The lowest BCUT2D eigenvalue weighted by molar-refractivity contribution is 0.0296. The molecule has 2 heterocycles. The number of ether oxygens (including phenoxy) is 1. The molecule has 2 aliphatic rings. The van der Waals surface area contributed by atoms with Gasteiger partial charge in [0.1, 0.15) is 0 Å². The molecule has 0 aromatic heterocycles. The van der Waals surface area contributed by atoms with Crippen molar-refractivity contribution in [1.29, 1.82) is 0 Å². The zero-order chi connectivity index (χ0) is 9.54. The third-order valence-electron chi connectivity index (χ3n) is 3.45. The summed E-state index contributed by atoms with van der Waals surface area (Å²) in [6, 6.07) is 6.59. The van der Waals surface area contributed by atoms with Gasteiger partial charge >= 0.3 is 0 Å². The van der Waals surface area contributed by atoms with Crippen molar-refractivity contribution >= 4 is 0 Å². The number of hydrogen-bond donors (Lipinski definition) is 1. The van der Waals surface area contributed by atoms with Crippen LogP contribution in [0.25, 0.3) is 0 Å². The summed E-state index contributed by atoms with van der Waals surface area (Å²) in [5, 5.41) is 3.40. The van der Waals surface area contributed by atoms with Gasteiger partial charge in [0.2, 0.25) is 0 Å². The summed E-state index contributed by atoms with van der Waals surface area (Å²) < 4.78 is 5.85. The maximum atomic E-state index is 5.85. The SMILES string of the molecule is Cc1cccc2c1CO[C@@H]1CNC[C@H]21. The molecular formula is C12H15NO. The van der Waals surface area contributed by atoms with E-state index < -0.39 is 0 Å². The normalized spacial score (nSPS) is 29.8. The van der Waals surface area contributed by atoms with E-state index in [1.165, 1.54) is 16.7 Å². The van der Waals surface area contributed by atoms with Crippen LogP contribution >= 0.6 is 0 Å². The molecule has 1 saturated heterocycles. The maximum Gasteiger partial charge on any atom is 0.0784 e. The highest BCUT2D eigenvalue weighted by Crippen LogP contribution is 2.34. The van der Waals surface area contributed by atoms with Crippen molar-refractivity contribution in [3.05, 3.63) is 34.9 Å². The van der Waals surface area contributed by atoms with Gasteiger partial charge in [-0.05, 0) is 23.6 Å². The van der Waals surface area contributed by atoms with Gasteiger partial charge in [0.05, 0.1) is 12.7 Å². The van der Waals surface area contributed by atoms with E-state index in [4.69, 9.17) is 4.74 Å². The number of aryl methyl sites for hydroxylation is 1. The molecule has 0 unspecified atom stereocenters. The molecule has 0 aliphatic carbocycles. The Labute approximate surface area is 84.3 Å². The fourth-order valence-electron chi connectivity index (χ4n) is 2.60. The summed E-state index contributed by atoms with van der Waals surface area (Å²) in [6.07, 6.45) is 0.407. The Morgan fingerprint density at radius 3 is 3.21 bits per heavy atom. The fraction of sp³-hybridized carbons (Fsp3) is 0.500. The van der Waals surface area contributed by atoms with E-state index in [9.17, 15) is 0 Å². The lowest BCUT2D eigenvalue weighted by Crippen LogP contribution is -2.27. The first-order valence-corrected chi connectivity index (χ1v) is 5.27. The van der Waals surface area contributed by atoms with Crippen molar-refractivity contribution in [2.75, 3.05) is 13.1 Å². The number of fused-ring (bicyclic) bond motifs is 3. The van der Waals surface area contributed by atoms with Crippen molar-refractivity contribution < 1.29 is 4.74 Å². The van der Waals surface area contributed by atoms with E-state index in [-0.39, 0.29) is 0 Å². The van der Waals surface area contributed by atoms with Gasteiger partial charge in [0.25, 0.3) is 0 Å². The number of rotatable bonds is 0. The van der Waals surface area contributed by atoms with Gasteiger partial charge < -0.3 is 10.1 Å². The minimum atomic E-state index is 0.407. The highest BCUT2D eigenvalue weighted by Gasteiger charge is 2.34. The van der Waals surface area contributed by atoms with Gasteiger partial charge in [0.15, 0.2) is 0 Å². The summed E-state index contributed by atoms with van der Waals surface area (Å²) in [5.41, 5.74) is 4.29. The molecular weight excluding hydrogens is 174 g/mol. The fourth-order valence-corrected chi connectivity index (χ4v) is 2.60. The van der Waals surface area contributed by atoms with Gasteiger partial charge in [-0.25, -0.2) is 0 Å². The highest BCUT2D eigenvalue weighted by atomic mass is 16.5. The van der Waals surface area contributed by atoms with Crippen LogP contribution in [0.4, 0.5) is 0 Å². The van der Waals surface area contributed by atoms with Crippen molar-refractivity contribution in [2.24, 2.45) is 0 Å². The Morgan fingerprint density at radius 1 is 1.36 bits per heavy atom. The van der Waals surface area contributed by atoms with Gasteiger partial charge in [0, 0.05) is 19.0 Å². The monoisotopic (exact) mass is 189 g/mol. The molecule has 1 fully saturated rings. The predicted molar refractivity (Wildman–Crippen MR) is 55.4 cm³/mol. The first-order valence-electron chi connectivity index (χ1n) is 5.27. The molecule has 2 atom stereocenters. The van der Waals surface area contributed by atoms with Crippen molar-refractivity contribution in [2.45, 2.75) is 25.6 Å². The van der Waals surface area contributed by atoms with E-state index in [0.29, 0.717) is 12.0 Å². The molecule has 1 aromatic carbocycles. The zero-order valence-corrected chi connectivity index (χ0v) is 8.42. The smallest absolute Gasteiger partial charge is 0.0784 e. The van der Waals surface area contributed by atoms with E-state index >= 15 is 0 Å². The second-order valence-electron chi connectivity index (χ2n) is 4.26. The highest BCUT2D eigenvalue weighted by molar-refractivity contribution is 5.39. The summed E-state index contributed by atoms with van der Waals surface area (Å²) in [6.45, 7) is 5.05. The minimum Gasteiger partial charge on any atom is -0.372 e. The van der Waals surface area contributed by atoms with Gasteiger partial charge in [-0.2, -0.15) is 0 Å². The van der Waals surface area contributed by atoms with Crippen LogP contribution in [-0.2, 0) is 11.3 Å². The van der Waals surface area contributed by atoms with Crippen LogP contribution in [-0.4, -0.2) is 19.2 Å². The van der Waals surface area contributed by atoms with Crippen LogP contribution in [0.5, 0.6) is 0 Å². The van der Waals surface area contributed by atoms with Crippen LogP contribution in [0.1, 0.15) is 22.6 Å². The lowest BCUT2D eigenvalue weighted by atomic mass is 9.87. The molecule has 0 spiro atoms. The van der Waals surface area contributed by atoms with Gasteiger partial charge in [-0.3, -0.25) is 0 Å². The second-order valence-corrected chi connectivity index (χ2v) is 4.26. The van der Waals surface area contributed by atoms with Crippen molar-refractivity contribution in [3.8, 4) is 0 Å². The topological polar surface area (TPSA) is 21.3 Å². The third kappa shape index (κ3) is 1.11. The zero-order valence-electron chi connectivity index (χ0n) is 8.42. The van der Waals surface area contributed by atoms with E-state index in [0.717, 1.165) is 19.7 Å². The molecule has 0 radical (unpaired) electrons. The quantitative estimate of drug-likeness (QED) is 0.669. The van der Waals surface area contributed by atoms with Crippen LogP contribution in [0.3, 0.4) is 0 Å². The standard InChI is InChI=1S/C12H15NO/c1-8-3-2-4-9-10-5-13-6-12(10)14-7-11(8)9/h2-4,10,12-13H,5-7H2,1H3/t10-,12-/m1/s1. The molecule has 14 heavy (non-hydrogen) atoms. The molecule has 2 nitrogen and oxygen atoms in total. The molecule has 2 aliphatic heterocycles. The lowest BCUT2D eigenvalue weighted by Gasteiger charge is -2.28. The van der Waals surface area contributed by atoms with E-state index in [1.54, 1.807) is 0 Å². The predicted octanol–water partition coefficient (Wildman–Crippen LogP) is 1.58. The Kier molecular flexibility index (Phi) is 1.85. The largest absolute Gasteiger partial charge is 0.372 e. The molecule has 1 aromatic rings. The Hall–Kier alpha value is -0.860. The van der Waals surface area contributed by atoms with Gasteiger partial charge in [-0.15, -0.1) is 0 Å². The Bertz CT molecular complexity index is 361. The molecule has 0 bridgehead atoms. The average Bonchev–Trinajstić information content (AvgIpc) is 2.66. The first-order chi connectivity index (χ1) is 6.86. The average molecular weight is 189 g/mol. The molecule has 1 N–H and O–H groups in total. The van der Waals surface area contributed by atoms with Crippen LogP contribution in [0.15, 0.2) is 18.2 Å². The third-order valence-corrected chi connectivity index (χ3v) is 3.45. The molecule has 0 saturated carbocycles. The minimum absolute atomic E-state index is 0.407. The van der Waals surface area contributed by atoms with Crippen molar-refractivity contribution in [1.82, 2.24) is 5.32 Å². The second kappa shape index (κ2) is 3.07. The molecule has 74 valence electrons. The van der Waals surface area contributed by atoms with E-state index in [1.807, 2.05) is 0 Å². The Morgan fingerprint density at radius 2 is 2.29 bits per heavy atom. The van der Waals surface area contributed by atoms with Crippen LogP contribution < -0.4 is 5.32 Å². The number of nitrogens with one attached hydrogen (secondary N) is 1. The maximum absolute atomic E-state index is 5.85. The number of hydrogen-bond acceptors (Lipinski definition) is 2. The van der Waals surface area contributed by atoms with Crippen LogP contribution in [0.2, 0.25) is 0 Å². The summed E-state index contributed by atoms with van der Waals surface area (Å²) >= 11 is 0. The number of benzene rings is 1. The molecule has 2 heteroatoms. The van der Waals surface area contributed by atoms with Gasteiger partial charge in [-0.1, -0.05) is 18.2 Å². The first kappa shape index (κ1) is 8.45. The van der Waals surface area contributed by atoms with Crippen LogP contribution in [0, 0.1) is 6.92 Å². The summed E-state index contributed by atoms with van der Waals surface area (Å²) in [4.78, 5) is 0. The summed E-state index contributed by atoms with van der Waals surface area (Å²) in [5.74, 6) is 0.582. The Balaban J connectivity index is 2.09. The summed E-state index contributed by atoms with van der Waals surface area (Å²) in [7, 11) is 0. The van der Waals surface area contributed by atoms with Crippen molar-refractivity contribution in [3.63, 3.8) is 0 Å².